The summed E-state index contributed by atoms with van der Waals surface area (Å²) >= 11 is 0. The van der Waals surface area contributed by atoms with Crippen molar-refractivity contribution in [1.29, 1.82) is 0 Å². The number of morpholine rings is 1. The van der Waals surface area contributed by atoms with E-state index >= 15 is 0 Å². The third-order valence-corrected chi connectivity index (χ3v) is 3.62. The summed E-state index contributed by atoms with van der Waals surface area (Å²) in [6.45, 7) is 6.61. The predicted octanol–water partition coefficient (Wildman–Crippen LogP) is 2.15. The number of nitrogens with one attached hydrogen (secondary N) is 1. The van der Waals surface area contributed by atoms with Gasteiger partial charge in [0.25, 0.3) is 0 Å². The summed E-state index contributed by atoms with van der Waals surface area (Å²) in [4.78, 5) is 0. The van der Waals surface area contributed by atoms with Crippen LogP contribution in [0.1, 0.15) is 23.0 Å². The molecule has 1 aromatic heterocycles. The number of nitrogens with zero attached hydrogens (tertiary/aromatic N) is 2. The standard InChI is InChI=1S/C15H19N3O/c1-11-15(14-10-19-9-8-16-14)12(2)18(17-11)13-6-4-3-5-7-13/h3-7,14,16H,8-10H2,1-2H3/t14-/m1/s1. The number of benzene rings is 1. The molecule has 100 valence electrons. The first-order chi connectivity index (χ1) is 9.27. The molecule has 2 aromatic rings. The van der Waals surface area contributed by atoms with Gasteiger partial charge in [-0.3, -0.25) is 0 Å². The second-order valence-electron chi connectivity index (χ2n) is 4.91. The van der Waals surface area contributed by atoms with Crippen LogP contribution in [0.2, 0.25) is 0 Å². The molecular formula is C15H19N3O. The van der Waals surface area contributed by atoms with Gasteiger partial charge in [-0.05, 0) is 26.0 Å². The van der Waals surface area contributed by atoms with Crippen molar-refractivity contribution in [3.8, 4) is 5.69 Å². The molecule has 1 fully saturated rings. The predicted molar refractivity (Wildman–Crippen MR) is 74.6 cm³/mol. The molecule has 0 unspecified atom stereocenters. The van der Waals surface area contributed by atoms with Crippen LogP contribution < -0.4 is 5.32 Å². The monoisotopic (exact) mass is 257 g/mol. The van der Waals surface area contributed by atoms with E-state index in [1.165, 1.54) is 11.3 Å². The summed E-state index contributed by atoms with van der Waals surface area (Å²) in [7, 11) is 0. The molecule has 0 aliphatic carbocycles. The average molecular weight is 257 g/mol. The summed E-state index contributed by atoms with van der Waals surface area (Å²) in [6, 6.07) is 10.5. The van der Waals surface area contributed by atoms with Crippen molar-refractivity contribution in [2.45, 2.75) is 19.9 Å². The van der Waals surface area contributed by atoms with Crippen LogP contribution >= 0.6 is 0 Å². The van der Waals surface area contributed by atoms with Crippen LogP contribution in [0.25, 0.3) is 5.69 Å². The lowest BCUT2D eigenvalue weighted by Gasteiger charge is -2.24. The van der Waals surface area contributed by atoms with Crippen molar-refractivity contribution in [2.24, 2.45) is 0 Å². The maximum atomic E-state index is 5.56. The zero-order valence-electron chi connectivity index (χ0n) is 11.4. The van der Waals surface area contributed by atoms with Crippen molar-refractivity contribution in [3.63, 3.8) is 0 Å². The van der Waals surface area contributed by atoms with Gasteiger partial charge in [0.15, 0.2) is 0 Å². The van der Waals surface area contributed by atoms with Crippen molar-refractivity contribution in [3.05, 3.63) is 47.3 Å². The van der Waals surface area contributed by atoms with Gasteiger partial charge in [0.2, 0.25) is 0 Å². The van der Waals surface area contributed by atoms with E-state index < -0.39 is 0 Å². The Bertz CT molecular complexity index is 556. The summed E-state index contributed by atoms with van der Waals surface area (Å²) in [5.41, 5.74) is 4.63. The van der Waals surface area contributed by atoms with E-state index in [9.17, 15) is 0 Å². The molecule has 2 heterocycles. The summed E-state index contributed by atoms with van der Waals surface area (Å²) in [6.07, 6.45) is 0. The number of hydrogen-bond acceptors (Lipinski definition) is 3. The van der Waals surface area contributed by atoms with Crippen LogP contribution in [-0.4, -0.2) is 29.5 Å². The molecule has 0 radical (unpaired) electrons. The number of para-hydroxylation sites is 1. The molecule has 4 heteroatoms. The smallest absolute Gasteiger partial charge is 0.0663 e. The molecule has 1 atom stereocenters. The highest BCUT2D eigenvalue weighted by atomic mass is 16.5. The lowest BCUT2D eigenvalue weighted by atomic mass is 10.0. The Morgan fingerprint density at radius 1 is 1.26 bits per heavy atom. The fourth-order valence-electron chi connectivity index (χ4n) is 2.73. The fraction of sp³-hybridized carbons (Fsp3) is 0.400. The molecule has 1 aliphatic rings. The van der Waals surface area contributed by atoms with E-state index in [0.717, 1.165) is 31.1 Å². The summed E-state index contributed by atoms with van der Waals surface area (Å²) < 4.78 is 7.58. The minimum Gasteiger partial charge on any atom is -0.378 e. The Balaban J connectivity index is 2.00. The maximum absolute atomic E-state index is 5.56. The average Bonchev–Trinajstić information content (AvgIpc) is 2.76. The van der Waals surface area contributed by atoms with Crippen molar-refractivity contribution < 1.29 is 4.74 Å². The second-order valence-corrected chi connectivity index (χ2v) is 4.91. The lowest BCUT2D eigenvalue weighted by Crippen LogP contribution is -2.35. The Hall–Kier alpha value is -1.65. The van der Waals surface area contributed by atoms with E-state index in [2.05, 4.69) is 36.4 Å². The Morgan fingerprint density at radius 2 is 2.05 bits per heavy atom. The van der Waals surface area contributed by atoms with Crippen LogP contribution in [-0.2, 0) is 4.74 Å². The van der Waals surface area contributed by atoms with Gasteiger partial charge in [0.1, 0.15) is 0 Å². The van der Waals surface area contributed by atoms with E-state index in [1.807, 2.05) is 22.9 Å². The van der Waals surface area contributed by atoms with Gasteiger partial charge in [-0.25, -0.2) is 4.68 Å². The van der Waals surface area contributed by atoms with Crippen LogP contribution in [0.4, 0.5) is 0 Å². The lowest BCUT2D eigenvalue weighted by molar-refractivity contribution is 0.0765. The quantitative estimate of drug-likeness (QED) is 0.896. The number of ether oxygens (including phenoxy) is 1. The molecule has 19 heavy (non-hydrogen) atoms. The van der Waals surface area contributed by atoms with E-state index in [0.29, 0.717) is 0 Å². The fourth-order valence-corrected chi connectivity index (χ4v) is 2.73. The molecule has 3 rings (SSSR count). The molecule has 0 amide bonds. The van der Waals surface area contributed by atoms with E-state index in [1.54, 1.807) is 0 Å². The van der Waals surface area contributed by atoms with Crippen LogP contribution in [0.15, 0.2) is 30.3 Å². The van der Waals surface area contributed by atoms with Gasteiger partial charge < -0.3 is 10.1 Å². The molecule has 0 spiro atoms. The van der Waals surface area contributed by atoms with Crippen LogP contribution in [0.5, 0.6) is 0 Å². The topological polar surface area (TPSA) is 39.1 Å². The zero-order valence-corrected chi connectivity index (χ0v) is 11.4. The van der Waals surface area contributed by atoms with Crippen molar-refractivity contribution >= 4 is 0 Å². The molecule has 0 saturated carbocycles. The zero-order chi connectivity index (χ0) is 13.2. The molecule has 1 aromatic carbocycles. The van der Waals surface area contributed by atoms with Crippen molar-refractivity contribution in [2.75, 3.05) is 19.8 Å². The Morgan fingerprint density at radius 3 is 2.74 bits per heavy atom. The summed E-state index contributed by atoms with van der Waals surface area (Å²) in [5.74, 6) is 0. The molecule has 1 N–H and O–H groups in total. The van der Waals surface area contributed by atoms with Gasteiger partial charge in [-0.15, -0.1) is 0 Å². The first-order valence-electron chi connectivity index (χ1n) is 6.70. The van der Waals surface area contributed by atoms with E-state index in [4.69, 9.17) is 4.74 Å². The first-order valence-corrected chi connectivity index (χ1v) is 6.70. The first kappa shape index (κ1) is 12.4. The van der Waals surface area contributed by atoms with Gasteiger partial charge in [0.05, 0.1) is 30.6 Å². The maximum Gasteiger partial charge on any atom is 0.0663 e. The molecule has 1 saturated heterocycles. The molecule has 0 bridgehead atoms. The third-order valence-electron chi connectivity index (χ3n) is 3.62. The number of aryl methyl sites for hydroxylation is 1. The minimum absolute atomic E-state index is 0.256. The highest BCUT2D eigenvalue weighted by Gasteiger charge is 2.23. The third kappa shape index (κ3) is 2.29. The Labute approximate surface area is 113 Å². The van der Waals surface area contributed by atoms with Crippen LogP contribution in [0, 0.1) is 13.8 Å². The highest BCUT2D eigenvalue weighted by Crippen LogP contribution is 2.25. The molecule has 1 aliphatic heterocycles. The summed E-state index contributed by atoms with van der Waals surface area (Å²) in [5, 5.41) is 8.18. The highest BCUT2D eigenvalue weighted by molar-refractivity contribution is 5.38. The Kier molecular flexibility index (Phi) is 3.36. The van der Waals surface area contributed by atoms with E-state index in [-0.39, 0.29) is 6.04 Å². The molecule has 4 nitrogen and oxygen atoms in total. The minimum atomic E-state index is 0.256. The SMILES string of the molecule is Cc1nn(-c2ccccc2)c(C)c1[C@H]1COCCN1. The van der Waals surface area contributed by atoms with Gasteiger partial charge >= 0.3 is 0 Å². The van der Waals surface area contributed by atoms with Gasteiger partial charge in [-0.2, -0.15) is 5.10 Å². The number of hydrogen-bond donors (Lipinski definition) is 1. The largest absolute Gasteiger partial charge is 0.378 e. The normalized spacial score (nSPS) is 19.6. The van der Waals surface area contributed by atoms with Gasteiger partial charge in [-0.1, -0.05) is 18.2 Å². The second kappa shape index (κ2) is 5.15. The van der Waals surface area contributed by atoms with Crippen LogP contribution in [0.3, 0.4) is 0 Å². The van der Waals surface area contributed by atoms with Crippen molar-refractivity contribution in [1.82, 2.24) is 15.1 Å². The number of aromatic nitrogens is 2. The molecular weight excluding hydrogens is 238 g/mol. The number of rotatable bonds is 2. The van der Waals surface area contributed by atoms with Gasteiger partial charge in [0, 0.05) is 17.8 Å².